The summed E-state index contributed by atoms with van der Waals surface area (Å²) < 4.78 is 32.4. The van der Waals surface area contributed by atoms with Gasteiger partial charge < -0.3 is 19.9 Å². The van der Waals surface area contributed by atoms with Gasteiger partial charge in [0.1, 0.15) is 16.8 Å². The molecule has 2 unspecified atom stereocenters. The highest BCUT2D eigenvalue weighted by Gasteiger charge is 2.72. The van der Waals surface area contributed by atoms with Crippen molar-refractivity contribution in [2.45, 2.75) is 107 Å². The quantitative estimate of drug-likeness (QED) is 0.0834. The van der Waals surface area contributed by atoms with E-state index in [0.29, 0.717) is 49.5 Å². The molecule has 4 heterocycles. The maximum Gasteiger partial charge on any atom is 0.281 e. The molecule has 1 aliphatic carbocycles. The summed E-state index contributed by atoms with van der Waals surface area (Å²) in [4.78, 5) is 57.4. The van der Waals surface area contributed by atoms with Gasteiger partial charge in [-0.15, -0.1) is 0 Å². The Bertz CT molecular complexity index is 2250. The summed E-state index contributed by atoms with van der Waals surface area (Å²) in [6, 6.07) is 15.8. The number of ether oxygens (including phenoxy) is 1. The number of nitro benzene ring substituents is 1. The van der Waals surface area contributed by atoms with Gasteiger partial charge in [-0.05, 0) is 62.4 Å². The number of piperazine rings is 1. The summed E-state index contributed by atoms with van der Waals surface area (Å²) >= 11 is 0. The van der Waals surface area contributed by atoms with Crippen LogP contribution in [0.2, 0.25) is 0 Å². The molecule has 13 heteroatoms. The van der Waals surface area contributed by atoms with E-state index >= 15 is 0 Å². The Morgan fingerprint density at radius 1 is 0.912 bits per heavy atom. The smallest absolute Gasteiger partial charge is 0.281 e. The maximum atomic E-state index is 14.1. The van der Waals surface area contributed by atoms with E-state index in [9.17, 15) is 32.9 Å². The first-order valence-electron chi connectivity index (χ1n) is 20.4. The minimum absolute atomic E-state index is 0.0708. The minimum atomic E-state index is -3.40. The van der Waals surface area contributed by atoms with Crippen LogP contribution < -0.4 is 15.0 Å². The average Bonchev–Trinajstić information content (AvgIpc) is 3.63. The number of piperidine rings is 2. The van der Waals surface area contributed by atoms with E-state index in [4.69, 9.17) is 4.74 Å². The van der Waals surface area contributed by atoms with E-state index in [1.165, 1.54) is 18.2 Å². The summed E-state index contributed by atoms with van der Waals surface area (Å²) in [6.07, 6.45) is 11.6. The van der Waals surface area contributed by atoms with Crippen LogP contribution >= 0.6 is 0 Å². The van der Waals surface area contributed by atoms with Crippen molar-refractivity contribution in [3.63, 3.8) is 0 Å². The Morgan fingerprint density at radius 2 is 1.58 bits per heavy atom. The second-order valence-corrected chi connectivity index (χ2v) is 19.2. The number of carbonyl (C=O) groups excluding carboxylic acids is 3. The highest BCUT2D eigenvalue weighted by molar-refractivity contribution is 7.91. The molecule has 4 saturated heterocycles. The molecule has 3 atom stereocenters. The highest BCUT2D eigenvalue weighted by atomic mass is 32.2. The van der Waals surface area contributed by atoms with Gasteiger partial charge in [-0.3, -0.25) is 24.5 Å². The van der Waals surface area contributed by atoms with Crippen LogP contribution in [0, 0.1) is 21.4 Å². The lowest BCUT2D eigenvalue weighted by Gasteiger charge is -2.62. The molecule has 0 radical (unpaired) electrons. The third kappa shape index (κ3) is 7.10. The first-order chi connectivity index (χ1) is 27.1. The summed E-state index contributed by atoms with van der Waals surface area (Å²) in [7, 11) is 0.512. The number of anilines is 1. The Kier molecular flexibility index (Phi) is 11.0. The molecule has 0 aromatic heterocycles. The van der Waals surface area contributed by atoms with Crippen LogP contribution in [0.15, 0.2) is 65.6 Å². The van der Waals surface area contributed by atoms with Gasteiger partial charge in [0.05, 0.1) is 33.8 Å². The monoisotopic (exact) mass is 798 g/mol. The van der Waals surface area contributed by atoms with Crippen LogP contribution in [-0.4, -0.2) is 79.9 Å². The highest BCUT2D eigenvalue weighted by Crippen LogP contribution is 2.58. The third-order valence-electron chi connectivity index (χ3n) is 13.0. The molecule has 12 nitrogen and oxygen atoms in total. The van der Waals surface area contributed by atoms with E-state index in [1.807, 2.05) is 49.3 Å². The zero-order valence-corrected chi connectivity index (χ0v) is 34.3. The first-order valence-corrected chi connectivity index (χ1v) is 22.0. The van der Waals surface area contributed by atoms with Crippen molar-refractivity contribution in [1.29, 1.82) is 0 Å². The van der Waals surface area contributed by atoms with Crippen LogP contribution in [0.1, 0.15) is 96.5 Å². The lowest BCUT2D eigenvalue weighted by molar-refractivity contribution is -0.385. The number of nitrogens with one attached hydrogen (secondary N) is 1. The molecule has 5 aliphatic rings. The number of unbranched alkanes of at least 4 members (excludes halogenated alkanes) is 8. The number of hydrogen-bond donors (Lipinski definition) is 1. The molecule has 4 fully saturated rings. The van der Waals surface area contributed by atoms with Gasteiger partial charge in [-0.2, -0.15) is 0 Å². The number of nitrogens with zero attached hydrogens (tertiary/aromatic N) is 3. The molecule has 57 heavy (non-hydrogen) atoms. The van der Waals surface area contributed by atoms with Gasteiger partial charge in [0, 0.05) is 54.0 Å². The number of hydrogen-bond acceptors (Lipinski definition) is 9. The molecule has 304 valence electrons. The van der Waals surface area contributed by atoms with Gasteiger partial charge in [0.25, 0.3) is 11.6 Å². The predicted molar refractivity (Wildman–Crippen MR) is 220 cm³/mol. The summed E-state index contributed by atoms with van der Waals surface area (Å²) in [5, 5.41) is 17.1. The fourth-order valence-corrected chi connectivity index (χ4v) is 11.5. The zero-order chi connectivity index (χ0) is 40.8. The number of amides is 2. The van der Waals surface area contributed by atoms with E-state index in [-0.39, 0.29) is 40.2 Å². The molecular weight excluding hydrogens is 745 g/mol. The third-order valence-corrected chi connectivity index (χ3v) is 14.8. The standard InChI is InChI=1S/C44H54N4O8S/c1-42(2)38-29-43-23-16-24-47(43)41(51)44(38,45-40(43)50)28-34(39(42)49)32-22-21-30(27-36(32)48(52)53)56-25-12-10-8-6-5-7-9-11-13-26-57(54,55)37-20-15-17-31-33(37)18-14-19-35(31)46(3)4/h14-15,17-22,27-28,38H,5-13,16,23-26,29H2,1-4H3,(H,45,50)/t38?,43?,44-/m0/s1. The minimum Gasteiger partial charge on any atom is -0.493 e. The number of nitro groups is 1. The summed E-state index contributed by atoms with van der Waals surface area (Å²) in [6.45, 7) is 4.42. The number of fused-ring (bicyclic) bond motifs is 2. The number of carbonyl (C=O) groups is 3. The molecule has 2 spiro atoms. The van der Waals surface area contributed by atoms with Crippen LogP contribution in [0.25, 0.3) is 16.3 Å². The molecule has 0 saturated carbocycles. The number of rotatable bonds is 17. The van der Waals surface area contributed by atoms with E-state index in [1.54, 1.807) is 30.9 Å². The number of sulfone groups is 1. The molecule has 3 aromatic rings. The number of benzene rings is 3. The van der Waals surface area contributed by atoms with Crippen LogP contribution in [0.4, 0.5) is 11.4 Å². The van der Waals surface area contributed by atoms with E-state index in [2.05, 4.69) is 5.32 Å². The van der Waals surface area contributed by atoms with Gasteiger partial charge in [-0.25, -0.2) is 8.42 Å². The SMILES string of the molecule is CN(C)c1cccc2c(S(=O)(=O)CCCCCCCCCCCOc3ccc(C4=C[C@@]56NC(=O)C7(CCCN7C5=O)CC6C(C)(C)C4=O)c([N+](=O)[O-])c3)cccc12. The lowest BCUT2D eigenvalue weighted by Crippen LogP contribution is -2.83. The average molecular weight is 799 g/mol. The van der Waals surface area contributed by atoms with Gasteiger partial charge in [0.15, 0.2) is 15.6 Å². The van der Waals surface area contributed by atoms with Crippen molar-refractivity contribution >= 4 is 55.2 Å². The van der Waals surface area contributed by atoms with Gasteiger partial charge >= 0.3 is 0 Å². The molecule has 2 amide bonds. The Balaban J connectivity index is 0.863. The number of ketones is 1. The van der Waals surface area contributed by atoms with E-state index in [0.717, 1.165) is 67.8 Å². The molecule has 8 rings (SSSR count). The molecule has 1 N–H and O–H groups in total. The largest absolute Gasteiger partial charge is 0.493 e. The van der Waals surface area contributed by atoms with Crippen molar-refractivity contribution in [3.05, 3.63) is 76.4 Å². The first kappa shape index (κ1) is 40.4. The number of allylic oxidation sites excluding steroid dienone is 1. The Labute approximate surface area is 335 Å². The molecular formula is C44H54N4O8S. The fraction of sp³-hybridized carbons (Fsp3) is 0.523. The normalized spacial score (nSPS) is 23.6. The topological polar surface area (TPSA) is 156 Å². The summed E-state index contributed by atoms with van der Waals surface area (Å²) in [5.74, 6) is -0.733. The van der Waals surface area contributed by atoms with Crippen molar-refractivity contribution in [2.75, 3.05) is 37.9 Å². The molecule has 4 aliphatic heterocycles. The van der Waals surface area contributed by atoms with Crippen LogP contribution in [-0.2, 0) is 24.2 Å². The van der Waals surface area contributed by atoms with Crippen molar-refractivity contribution in [3.8, 4) is 5.75 Å². The van der Waals surface area contributed by atoms with Crippen molar-refractivity contribution in [2.24, 2.45) is 11.3 Å². The molecule has 2 bridgehead atoms. The Hall–Kier alpha value is -4.78. The number of Topliss-reactive ketones (excluding diaryl/α,β-unsaturated/α-hetero) is 1. The van der Waals surface area contributed by atoms with Gasteiger partial charge in [0.2, 0.25) is 5.91 Å². The second kappa shape index (κ2) is 15.5. The zero-order valence-electron chi connectivity index (χ0n) is 33.5. The lowest BCUT2D eigenvalue weighted by atomic mass is 9.51. The fourth-order valence-electron chi connectivity index (χ4n) is 9.89. The van der Waals surface area contributed by atoms with Crippen LogP contribution in [0.5, 0.6) is 5.75 Å². The maximum absolute atomic E-state index is 14.1. The van der Waals surface area contributed by atoms with E-state index < -0.39 is 37.2 Å². The van der Waals surface area contributed by atoms with Gasteiger partial charge in [-0.1, -0.05) is 83.1 Å². The summed E-state index contributed by atoms with van der Waals surface area (Å²) in [5.41, 5.74) is -2.52. The second-order valence-electron chi connectivity index (χ2n) is 17.1. The molecule has 3 aromatic carbocycles. The van der Waals surface area contributed by atoms with Crippen molar-refractivity contribution in [1.82, 2.24) is 10.2 Å². The Morgan fingerprint density at radius 3 is 2.28 bits per heavy atom. The van der Waals surface area contributed by atoms with Crippen LogP contribution in [0.3, 0.4) is 0 Å². The predicted octanol–water partition coefficient (Wildman–Crippen LogP) is 7.42. The van der Waals surface area contributed by atoms with Crippen molar-refractivity contribution < 1.29 is 32.5 Å².